The smallest absolute Gasteiger partial charge is 0.399 e. The minimum absolute atomic E-state index is 0.0184. The maximum atomic E-state index is 13.8. The third kappa shape index (κ3) is 6.04. The molecule has 1 aromatic carbocycles. The molecule has 2 aromatic rings. The van der Waals surface area contributed by atoms with Crippen LogP contribution in [0.25, 0.3) is 10.4 Å². The molecular weight excluding hydrogens is 542 g/mol. The average molecular weight is 582 g/mol. The van der Waals surface area contributed by atoms with Crippen LogP contribution in [0.1, 0.15) is 58.8 Å². The molecule has 220 valence electrons. The lowest BCUT2D eigenvalue weighted by molar-refractivity contribution is -0.160. The molecule has 0 radical (unpaired) electrons. The molecule has 3 heterocycles. The summed E-state index contributed by atoms with van der Waals surface area (Å²) < 4.78 is 11.3. The summed E-state index contributed by atoms with van der Waals surface area (Å²) in [7, 11) is 1.57. The zero-order valence-corrected chi connectivity index (χ0v) is 24.8. The zero-order valence-electron chi connectivity index (χ0n) is 24.0. The van der Waals surface area contributed by atoms with Crippen LogP contribution >= 0.6 is 11.3 Å². The monoisotopic (exact) mass is 581 g/mol. The Morgan fingerprint density at radius 2 is 1.78 bits per heavy atom. The van der Waals surface area contributed by atoms with Gasteiger partial charge >= 0.3 is 6.09 Å². The van der Waals surface area contributed by atoms with Crippen LogP contribution in [0.5, 0.6) is 5.06 Å². The second-order valence-corrected chi connectivity index (χ2v) is 12.7. The van der Waals surface area contributed by atoms with Gasteiger partial charge in [0.15, 0.2) is 10.8 Å². The van der Waals surface area contributed by atoms with Crippen molar-refractivity contribution < 1.29 is 28.7 Å². The van der Waals surface area contributed by atoms with E-state index in [1.165, 1.54) is 11.3 Å². The molecular formula is C31H39N3O6S. The number of nitrogens with zero attached hydrogens (tertiary/aromatic N) is 2. The standard InChI is InChI=1S/C31H39N3O6S/c1-20(2)18-22(32-30(38)40-26-13-12-25(41-26)21-10-6-4-7-11-21)28(36)33-17-14-23-27(33)24(35)19-34(23)29(37)31(39-3)15-8-5-9-16-31/h4,6-7,10-13,20,22-23,27H,5,8-9,14-19H2,1-3H3,(H,32,38). The van der Waals surface area contributed by atoms with Crippen molar-refractivity contribution in [2.75, 3.05) is 20.2 Å². The number of hydrogen-bond donors (Lipinski definition) is 1. The third-order valence-corrected chi connectivity index (χ3v) is 9.55. The molecule has 3 aliphatic rings. The summed E-state index contributed by atoms with van der Waals surface area (Å²) in [6, 6.07) is 11.5. The van der Waals surface area contributed by atoms with Crippen molar-refractivity contribution in [2.45, 2.75) is 82.5 Å². The number of nitrogens with one attached hydrogen (secondary N) is 1. The van der Waals surface area contributed by atoms with E-state index >= 15 is 0 Å². The zero-order chi connectivity index (χ0) is 29.1. The lowest BCUT2D eigenvalue weighted by Crippen LogP contribution is -2.54. The number of thiophene rings is 1. The molecule has 10 heteroatoms. The summed E-state index contributed by atoms with van der Waals surface area (Å²) in [6.07, 6.45) is 4.39. The summed E-state index contributed by atoms with van der Waals surface area (Å²) in [6.45, 7) is 4.28. The molecule has 1 aromatic heterocycles. The van der Waals surface area contributed by atoms with Crippen molar-refractivity contribution in [1.29, 1.82) is 0 Å². The van der Waals surface area contributed by atoms with Gasteiger partial charge in [0.2, 0.25) is 5.91 Å². The SMILES string of the molecule is COC1(C(=O)N2CC(=O)C3C2CCN3C(=O)C(CC(C)C)NC(=O)Oc2ccc(-c3ccccc3)s2)CCCCC1. The van der Waals surface area contributed by atoms with E-state index in [2.05, 4.69) is 5.32 Å². The first-order valence-electron chi connectivity index (χ1n) is 14.6. The molecule has 1 N–H and O–H groups in total. The Bertz CT molecular complexity index is 1270. The van der Waals surface area contributed by atoms with Gasteiger partial charge in [-0.2, -0.15) is 0 Å². The fourth-order valence-electron chi connectivity index (χ4n) is 6.52. The van der Waals surface area contributed by atoms with Gasteiger partial charge in [-0.25, -0.2) is 4.79 Å². The molecule has 3 unspecified atom stereocenters. The normalized spacial score (nSPS) is 22.5. The van der Waals surface area contributed by atoms with Crippen LogP contribution in [0.3, 0.4) is 0 Å². The minimum Gasteiger partial charge on any atom is -0.399 e. The summed E-state index contributed by atoms with van der Waals surface area (Å²) >= 11 is 1.35. The molecule has 1 aliphatic carbocycles. The number of rotatable bonds is 8. The van der Waals surface area contributed by atoms with E-state index in [0.29, 0.717) is 37.3 Å². The Kier molecular flexibility index (Phi) is 8.79. The average Bonchev–Trinajstić information content (AvgIpc) is 3.70. The Hall–Kier alpha value is -3.24. The van der Waals surface area contributed by atoms with Gasteiger partial charge in [0, 0.05) is 18.5 Å². The minimum atomic E-state index is -0.890. The maximum Gasteiger partial charge on any atom is 0.414 e. The number of Topliss-reactive ketones (excluding diaryl/α,β-unsaturated/α-hetero) is 1. The van der Waals surface area contributed by atoms with Gasteiger partial charge in [-0.1, -0.05) is 74.8 Å². The van der Waals surface area contributed by atoms with Crippen molar-refractivity contribution in [3.05, 3.63) is 42.5 Å². The van der Waals surface area contributed by atoms with E-state index in [-0.39, 0.29) is 36.1 Å². The Morgan fingerprint density at radius 1 is 1.05 bits per heavy atom. The molecule has 2 saturated heterocycles. The van der Waals surface area contributed by atoms with Crippen LogP contribution in [0, 0.1) is 5.92 Å². The second kappa shape index (κ2) is 12.3. The highest BCUT2D eigenvalue weighted by atomic mass is 32.1. The number of ether oxygens (including phenoxy) is 2. The van der Waals surface area contributed by atoms with Crippen molar-refractivity contribution >= 4 is 35.0 Å². The van der Waals surface area contributed by atoms with Crippen molar-refractivity contribution in [2.24, 2.45) is 5.92 Å². The number of carbonyl (C=O) groups is 4. The van der Waals surface area contributed by atoms with E-state index in [9.17, 15) is 19.2 Å². The predicted molar refractivity (Wildman–Crippen MR) is 156 cm³/mol. The fraction of sp³-hybridized carbons (Fsp3) is 0.548. The molecule has 0 spiro atoms. The highest BCUT2D eigenvalue weighted by Crippen LogP contribution is 2.38. The Morgan fingerprint density at radius 3 is 2.46 bits per heavy atom. The van der Waals surface area contributed by atoms with Gasteiger partial charge < -0.3 is 24.6 Å². The van der Waals surface area contributed by atoms with E-state index in [1.54, 1.807) is 23.0 Å². The Labute approximate surface area is 245 Å². The molecule has 2 aliphatic heterocycles. The number of likely N-dealkylation sites (tertiary alicyclic amines) is 2. The highest BCUT2D eigenvalue weighted by Gasteiger charge is 2.55. The highest BCUT2D eigenvalue weighted by molar-refractivity contribution is 7.17. The first kappa shape index (κ1) is 29.3. The number of amides is 3. The Balaban J connectivity index is 1.26. The lowest BCUT2D eigenvalue weighted by Gasteiger charge is -2.38. The molecule has 3 atom stereocenters. The van der Waals surface area contributed by atoms with Gasteiger partial charge in [0.05, 0.1) is 12.6 Å². The van der Waals surface area contributed by atoms with Crippen molar-refractivity contribution in [3.63, 3.8) is 0 Å². The summed E-state index contributed by atoms with van der Waals surface area (Å²) in [5, 5.41) is 3.18. The fourth-order valence-corrected chi connectivity index (χ4v) is 7.38. The number of hydrogen-bond acceptors (Lipinski definition) is 7. The largest absolute Gasteiger partial charge is 0.414 e. The van der Waals surface area contributed by atoms with Crippen molar-refractivity contribution in [3.8, 4) is 15.5 Å². The van der Waals surface area contributed by atoms with Crippen LogP contribution in [0.15, 0.2) is 42.5 Å². The summed E-state index contributed by atoms with van der Waals surface area (Å²) in [4.78, 5) is 57.8. The molecule has 3 amide bonds. The number of ketones is 1. The molecule has 9 nitrogen and oxygen atoms in total. The van der Waals surface area contributed by atoms with E-state index in [0.717, 1.165) is 29.7 Å². The number of methoxy groups -OCH3 is 1. The van der Waals surface area contributed by atoms with Gasteiger partial charge in [-0.15, -0.1) is 0 Å². The first-order chi connectivity index (χ1) is 19.7. The summed E-state index contributed by atoms with van der Waals surface area (Å²) in [5.74, 6) is -0.490. The number of carbonyl (C=O) groups excluding carboxylic acids is 4. The quantitative estimate of drug-likeness (QED) is 0.487. The van der Waals surface area contributed by atoms with E-state index < -0.39 is 23.8 Å². The molecule has 3 fully saturated rings. The van der Waals surface area contributed by atoms with Crippen LogP contribution in [0.4, 0.5) is 4.79 Å². The maximum absolute atomic E-state index is 13.8. The van der Waals surface area contributed by atoms with Crippen LogP contribution in [-0.4, -0.2) is 77.4 Å². The van der Waals surface area contributed by atoms with Crippen LogP contribution in [0.2, 0.25) is 0 Å². The number of benzene rings is 1. The molecule has 0 bridgehead atoms. The van der Waals surface area contributed by atoms with E-state index in [1.807, 2.05) is 50.2 Å². The van der Waals surface area contributed by atoms with Crippen LogP contribution < -0.4 is 10.1 Å². The van der Waals surface area contributed by atoms with Gasteiger partial charge in [0.1, 0.15) is 17.7 Å². The number of fused-ring (bicyclic) bond motifs is 1. The van der Waals surface area contributed by atoms with E-state index in [4.69, 9.17) is 9.47 Å². The van der Waals surface area contributed by atoms with Crippen LogP contribution in [-0.2, 0) is 19.1 Å². The summed E-state index contributed by atoms with van der Waals surface area (Å²) in [5.41, 5.74) is 0.135. The molecule has 5 rings (SSSR count). The van der Waals surface area contributed by atoms with Gasteiger partial charge in [-0.3, -0.25) is 14.4 Å². The third-order valence-electron chi connectivity index (χ3n) is 8.54. The lowest BCUT2D eigenvalue weighted by atomic mass is 9.83. The van der Waals surface area contributed by atoms with Gasteiger partial charge in [-0.05, 0) is 49.3 Å². The first-order valence-corrected chi connectivity index (χ1v) is 15.4. The van der Waals surface area contributed by atoms with Crippen molar-refractivity contribution in [1.82, 2.24) is 15.1 Å². The topological polar surface area (TPSA) is 105 Å². The predicted octanol–water partition coefficient (Wildman–Crippen LogP) is 4.65. The molecule has 1 saturated carbocycles. The van der Waals surface area contributed by atoms with Gasteiger partial charge in [0.25, 0.3) is 5.91 Å². The molecule has 41 heavy (non-hydrogen) atoms. The second-order valence-electron chi connectivity index (χ2n) is 11.7.